The first-order valence-electron chi connectivity index (χ1n) is 8.34. The molecule has 3 rings (SSSR count). The first kappa shape index (κ1) is 16.3. The first-order valence-corrected chi connectivity index (χ1v) is 8.34. The molecule has 0 radical (unpaired) electrons. The monoisotopic (exact) mass is 324 g/mol. The third-order valence-corrected chi connectivity index (χ3v) is 4.30. The summed E-state index contributed by atoms with van der Waals surface area (Å²) in [6, 6.07) is 12.1. The zero-order valence-electron chi connectivity index (χ0n) is 14.3. The number of nitrogens with zero attached hydrogens (tertiary/aromatic N) is 3. The lowest BCUT2D eigenvalue weighted by molar-refractivity contribution is -0.119. The van der Waals surface area contributed by atoms with Gasteiger partial charge in [0.2, 0.25) is 5.91 Å². The van der Waals surface area contributed by atoms with Crippen LogP contribution in [0.4, 0.5) is 11.4 Å². The Bertz CT molecular complexity index is 689. The van der Waals surface area contributed by atoms with Crippen LogP contribution in [-0.2, 0) is 11.3 Å². The highest BCUT2D eigenvalue weighted by Gasteiger charge is 2.23. The fraction of sp³-hybridized carbons (Fsp3) is 0.368. The Labute approximate surface area is 143 Å². The Hall–Kier alpha value is -2.56. The molecule has 1 aromatic heterocycles. The smallest absolute Gasteiger partial charge is 0.239 e. The molecule has 1 atom stereocenters. The van der Waals surface area contributed by atoms with Crippen LogP contribution >= 0.6 is 0 Å². The van der Waals surface area contributed by atoms with Crippen molar-refractivity contribution in [1.29, 1.82) is 0 Å². The Morgan fingerprint density at radius 2 is 2.00 bits per heavy atom. The van der Waals surface area contributed by atoms with Crippen molar-refractivity contribution in [3.05, 3.63) is 54.4 Å². The van der Waals surface area contributed by atoms with Gasteiger partial charge >= 0.3 is 0 Å². The molecular weight excluding hydrogens is 300 g/mol. The number of benzene rings is 1. The molecule has 2 heterocycles. The maximum atomic E-state index is 12.4. The van der Waals surface area contributed by atoms with E-state index in [-0.39, 0.29) is 5.91 Å². The summed E-state index contributed by atoms with van der Waals surface area (Å²) in [4.78, 5) is 20.9. The third-order valence-electron chi connectivity index (χ3n) is 4.30. The molecule has 1 amide bonds. The van der Waals surface area contributed by atoms with Gasteiger partial charge in [-0.05, 0) is 29.7 Å². The van der Waals surface area contributed by atoms with Gasteiger partial charge in [-0.3, -0.25) is 9.78 Å². The van der Waals surface area contributed by atoms with Crippen molar-refractivity contribution >= 4 is 17.3 Å². The van der Waals surface area contributed by atoms with Crippen LogP contribution in [0, 0.1) is 5.92 Å². The van der Waals surface area contributed by atoms with E-state index < -0.39 is 0 Å². The molecule has 0 unspecified atom stereocenters. The summed E-state index contributed by atoms with van der Waals surface area (Å²) in [5.74, 6) is 0.527. The van der Waals surface area contributed by atoms with Gasteiger partial charge in [-0.2, -0.15) is 0 Å². The highest BCUT2D eigenvalue weighted by molar-refractivity contribution is 5.84. The predicted octanol–water partition coefficient (Wildman–Crippen LogP) is 2.29. The minimum atomic E-state index is 0.0328. The first-order chi connectivity index (χ1) is 11.6. The molecule has 126 valence electrons. The number of hydrogen-bond acceptors (Lipinski definition) is 4. The van der Waals surface area contributed by atoms with Crippen LogP contribution in [-0.4, -0.2) is 37.6 Å². The van der Waals surface area contributed by atoms with Crippen LogP contribution in [0.15, 0.2) is 48.8 Å². The number of nitrogens with one attached hydrogen (secondary N) is 1. The molecule has 0 spiro atoms. The van der Waals surface area contributed by atoms with Crippen LogP contribution in [0.5, 0.6) is 0 Å². The fourth-order valence-corrected chi connectivity index (χ4v) is 3.23. The standard InChI is InChI=1S/C19H24N4O/c1-15-12-22(2)17-7-3-4-8-18(17)23(13-15)14-19(24)21-11-16-6-5-9-20-10-16/h3-10,15H,11-14H2,1-2H3,(H,21,24)/t15-/m0/s1. The van der Waals surface area contributed by atoms with Gasteiger partial charge in [0.1, 0.15) is 0 Å². The largest absolute Gasteiger partial charge is 0.373 e. The van der Waals surface area contributed by atoms with Gasteiger partial charge in [0, 0.05) is 39.1 Å². The number of amides is 1. The molecule has 0 saturated heterocycles. The molecule has 1 aromatic carbocycles. The number of pyridine rings is 1. The third kappa shape index (κ3) is 3.85. The van der Waals surface area contributed by atoms with Crippen LogP contribution in [0.2, 0.25) is 0 Å². The quantitative estimate of drug-likeness (QED) is 0.937. The van der Waals surface area contributed by atoms with Crippen LogP contribution < -0.4 is 15.1 Å². The van der Waals surface area contributed by atoms with E-state index in [1.165, 1.54) is 5.69 Å². The summed E-state index contributed by atoms with van der Waals surface area (Å²) in [6.07, 6.45) is 3.51. The highest BCUT2D eigenvalue weighted by atomic mass is 16.2. The van der Waals surface area contributed by atoms with Gasteiger partial charge in [0.15, 0.2) is 0 Å². The lowest BCUT2D eigenvalue weighted by atomic mass is 10.1. The second-order valence-corrected chi connectivity index (χ2v) is 6.49. The molecule has 0 aliphatic carbocycles. The van der Waals surface area contributed by atoms with Gasteiger partial charge in [-0.15, -0.1) is 0 Å². The summed E-state index contributed by atoms with van der Waals surface area (Å²) in [5.41, 5.74) is 3.32. The van der Waals surface area contributed by atoms with E-state index in [2.05, 4.69) is 46.2 Å². The lowest BCUT2D eigenvalue weighted by Gasteiger charge is -2.25. The van der Waals surface area contributed by atoms with E-state index in [1.54, 1.807) is 12.4 Å². The number of hydrogen-bond donors (Lipinski definition) is 1. The van der Waals surface area contributed by atoms with E-state index in [1.807, 2.05) is 24.3 Å². The number of rotatable bonds is 4. The number of carbonyl (C=O) groups is 1. The molecule has 5 nitrogen and oxygen atoms in total. The van der Waals surface area contributed by atoms with E-state index >= 15 is 0 Å². The van der Waals surface area contributed by atoms with Gasteiger partial charge in [-0.25, -0.2) is 0 Å². The lowest BCUT2D eigenvalue weighted by Crippen LogP contribution is -2.39. The van der Waals surface area contributed by atoms with E-state index in [4.69, 9.17) is 0 Å². The number of fused-ring (bicyclic) bond motifs is 1. The number of anilines is 2. The summed E-state index contributed by atoms with van der Waals surface area (Å²) < 4.78 is 0. The number of carbonyl (C=O) groups excluding carboxylic acids is 1. The zero-order valence-corrected chi connectivity index (χ0v) is 14.3. The van der Waals surface area contributed by atoms with Gasteiger partial charge < -0.3 is 15.1 Å². The van der Waals surface area contributed by atoms with Crippen molar-refractivity contribution in [2.45, 2.75) is 13.5 Å². The van der Waals surface area contributed by atoms with E-state index in [0.29, 0.717) is 19.0 Å². The van der Waals surface area contributed by atoms with Crippen LogP contribution in [0.1, 0.15) is 12.5 Å². The maximum absolute atomic E-state index is 12.4. The summed E-state index contributed by atoms with van der Waals surface area (Å²) in [6.45, 7) is 4.97. The van der Waals surface area contributed by atoms with E-state index in [9.17, 15) is 4.79 Å². The van der Waals surface area contributed by atoms with Crippen molar-refractivity contribution in [3.8, 4) is 0 Å². The minimum Gasteiger partial charge on any atom is -0.373 e. The fourth-order valence-electron chi connectivity index (χ4n) is 3.23. The molecule has 2 aromatic rings. The van der Waals surface area contributed by atoms with Crippen molar-refractivity contribution in [1.82, 2.24) is 10.3 Å². The predicted molar refractivity (Wildman–Crippen MR) is 97.2 cm³/mol. The molecular formula is C19H24N4O. The molecule has 1 aliphatic rings. The van der Waals surface area contributed by atoms with Crippen molar-refractivity contribution < 1.29 is 4.79 Å². The molecule has 24 heavy (non-hydrogen) atoms. The Morgan fingerprint density at radius 1 is 1.21 bits per heavy atom. The molecule has 0 saturated carbocycles. The summed E-state index contributed by atoms with van der Waals surface area (Å²) in [7, 11) is 2.11. The van der Waals surface area contributed by atoms with Gasteiger partial charge in [0.05, 0.1) is 17.9 Å². The zero-order chi connectivity index (χ0) is 16.9. The SMILES string of the molecule is C[C@H]1CN(C)c2ccccc2N(CC(=O)NCc2cccnc2)C1. The number of para-hydroxylation sites is 2. The van der Waals surface area contributed by atoms with Gasteiger partial charge in [0.25, 0.3) is 0 Å². The second-order valence-electron chi connectivity index (χ2n) is 6.49. The van der Waals surface area contributed by atoms with Gasteiger partial charge in [-0.1, -0.05) is 25.1 Å². The molecule has 1 aliphatic heterocycles. The Morgan fingerprint density at radius 3 is 2.75 bits per heavy atom. The van der Waals surface area contributed by atoms with Crippen molar-refractivity contribution in [2.75, 3.05) is 36.5 Å². The number of aromatic nitrogens is 1. The normalized spacial score (nSPS) is 17.2. The maximum Gasteiger partial charge on any atom is 0.239 e. The van der Waals surface area contributed by atoms with Crippen LogP contribution in [0.3, 0.4) is 0 Å². The summed E-state index contributed by atoms with van der Waals surface area (Å²) in [5, 5.41) is 2.99. The average Bonchev–Trinajstić information content (AvgIpc) is 2.71. The molecule has 1 N–H and O–H groups in total. The highest BCUT2D eigenvalue weighted by Crippen LogP contribution is 2.32. The van der Waals surface area contributed by atoms with Crippen molar-refractivity contribution in [3.63, 3.8) is 0 Å². The summed E-state index contributed by atoms with van der Waals surface area (Å²) >= 11 is 0. The van der Waals surface area contributed by atoms with E-state index in [0.717, 1.165) is 24.3 Å². The minimum absolute atomic E-state index is 0.0328. The molecule has 0 bridgehead atoms. The Balaban J connectivity index is 1.68. The van der Waals surface area contributed by atoms with Crippen LogP contribution in [0.25, 0.3) is 0 Å². The topological polar surface area (TPSA) is 48.5 Å². The second kappa shape index (κ2) is 7.34. The van der Waals surface area contributed by atoms with Crippen molar-refractivity contribution in [2.24, 2.45) is 5.92 Å². The molecule has 5 heteroatoms. The average molecular weight is 324 g/mol. The Kier molecular flexibility index (Phi) is 4.99. The molecule has 0 fully saturated rings.